The number of nitrogen functional groups attached to an aromatic ring is 1. The third-order valence-electron chi connectivity index (χ3n) is 3.40. The Bertz CT molecular complexity index is 366. The van der Waals surface area contributed by atoms with Crippen LogP contribution >= 0.6 is 0 Å². The fourth-order valence-corrected chi connectivity index (χ4v) is 2.25. The molecule has 2 rings (SSSR count). The molecule has 1 fully saturated rings. The smallest absolute Gasteiger partial charge is 0.144 e. The second kappa shape index (κ2) is 6.66. The van der Waals surface area contributed by atoms with Crippen molar-refractivity contribution in [2.45, 2.75) is 25.8 Å². The molecule has 1 aromatic rings. The maximum absolute atomic E-state index is 5.64. The van der Waals surface area contributed by atoms with Gasteiger partial charge in [0.15, 0.2) is 0 Å². The lowest BCUT2D eigenvalue weighted by atomic mass is 9.96. The van der Waals surface area contributed by atoms with E-state index < -0.39 is 0 Å². The third-order valence-corrected chi connectivity index (χ3v) is 3.40. The highest BCUT2D eigenvalue weighted by Crippen LogP contribution is 2.18. The molecule has 0 aliphatic carbocycles. The lowest BCUT2D eigenvalue weighted by Gasteiger charge is -2.24. The molecule has 1 aliphatic rings. The number of hydrogen-bond donors (Lipinski definition) is 1. The molecular formula is C13H22N4O. The van der Waals surface area contributed by atoms with E-state index in [2.05, 4.69) is 21.9 Å². The van der Waals surface area contributed by atoms with Crippen LogP contribution in [0.3, 0.4) is 0 Å². The summed E-state index contributed by atoms with van der Waals surface area (Å²) < 4.78 is 5.37. The van der Waals surface area contributed by atoms with E-state index in [9.17, 15) is 0 Å². The van der Waals surface area contributed by atoms with E-state index in [0.29, 0.717) is 5.82 Å². The average molecular weight is 250 g/mol. The summed E-state index contributed by atoms with van der Waals surface area (Å²) in [5, 5.41) is 0. The largest absolute Gasteiger partial charge is 0.384 e. The third kappa shape index (κ3) is 4.23. The predicted octanol–water partition coefficient (Wildman–Crippen LogP) is 1.31. The van der Waals surface area contributed by atoms with E-state index in [1.807, 2.05) is 0 Å². The summed E-state index contributed by atoms with van der Waals surface area (Å²) >= 11 is 0. The van der Waals surface area contributed by atoms with Crippen molar-refractivity contribution in [2.24, 2.45) is 5.92 Å². The number of anilines is 1. The Morgan fingerprint density at radius 3 is 2.94 bits per heavy atom. The molecule has 100 valence electrons. The van der Waals surface area contributed by atoms with Crippen molar-refractivity contribution in [1.82, 2.24) is 14.9 Å². The molecule has 2 N–H and O–H groups in total. The first kappa shape index (κ1) is 13.2. The van der Waals surface area contributed by atoms with E-state index in [0.717, 1.165) is 38.0 Å². The zero-order valence-electron chi connectivity index (χ0n) is 11.0. The van der Waals surface area contributed by atoms with Gasteiger partial charge in [0.25, 0.3) is 0 Å². The zero-order chi connectivity index (χ0) is 12.8. The van der Waals surface area contributed by atoms with Crippen molar-refractivity contribution in [3.8, 4) is 0 Å². The Kier molecular flexibility index (Phi) is 4.90. The van der Waals surface area contributed by atoms with Gasteiger partial charge in [0.05, 0.1) is 6.54 Å². The van der Waals surface area contributed by atoms with E-state index in [1.54, 1.807) is 12.3 Å². The first-order valence-electron chi connectivity index (χ1n) is 6.58. The van der Waals surface area contributed by atoms with Crippen LogP contribution in [0.25, 0.3) is 0 Å². The Morgan fingerprint density at radius 2 is 2.22 bits per heavy atom. The number of aromatic nitrogens is 2. The predicted molar refractivity (Wildman–Crippen MR) is 70.9 cm³/mol. The molecule has 5 heteroatoms. The van der Waals surface area contributed by atoms with Crippen LogP contribution in [0.2, 0.25) is 0 Å². The molecular weight excluding hydrogens is 228 g/mol. The normalized spacial score (nSPS) is 17.2. The van der Waals surface area contributed by atoms with Gasteiger partial charge in [-0.1, -0.05) is 0 Å². The molecule has 0 unspecified atom stereocenters. The van der Waals surface area contributed by atoms with Crippen molar-refractivity contribution in [1.29, 1.82) is 0 Å². The van der Waals surface area contributed by atoms with E-state index >= 15 is 0 Å². The molecule has 2 heterocycles. The van der Waals surface area contributed by atoms with Crippen molar-refractivity contribution in [2.75, 3.05) is 32.5 Å². The molecule has 1 aromatic heterocycles. The van der Waals surface area contributed by atoms with Crippen molar-refractivity contribution in [3.05, 3.63) is 18.1 Å². The van der Waals surface area contributed by atoms with E-state index in [4.69, 9.17) is 10.5 Å². The highest BCUT2D eigenvalue weighted by molar-refractivity contribution is 5.24. The molecule has 0 atom stereocenters. The Morgan fingerprint density at radius 1 is 1.44 bits per heavy atom. The Balaban J connectivity index is 1.72. The van der Waals surface area contributed by atoms with Gasteiger partial charge in [-0.25, -0.2) is 9.97 Å². The fraction of sp³-hybridized carbons (Fsp3) is 0.692. The minimum Gasteiger partial charge on any atom is -0.384 e. The molecule has 5 nitrogen and oxygen atoms in total. The highest BCUT2D eigenvalue weighted by atomic mass is 16.5. The Hall–Kier alpha value is -1.20. The maximum Gasteiger partial charge on any atom is 0.144 e. The lowest BCUT2D eigenvalue weighted by molar-refractivity contribution is 0.0607. The maximum atomic E-state index is 5.64. The molecule has 1 aliphatic heterocycles. The molecule has 0 saturated carbocycles. The van der Waals surface area contributed by atoms with Gasteiger partial charge in [0.1, 0.15) is 11.6 Å². The quantitative estimate of drug-likeness (QED) is 0.853. The molecule has 0 spiro atoms. The number of nitrogens with zero attached hydrogens (tertiary/aromatic N) is 3. The fourth-order valence-electron chi connectivity index (χ4n) is 2.25. The van der Waals surface area contributed by atoms with Crippen LogP contribution in [-0.2, 0) is 11.3 Å². The number of nitrogens with two attached hydrogens (primary N) is 1. The van der Waals surface area contributed by atoms with Crippen LogP contribution in [0, 0.1) is 5.92 Å². The van der Waals surface area contributed by atoms with Gasteiger partial charge in [-0.15, -0.1) is 0 Å². The lowest BCUT2D eigenvalue weighted by Crippen LogP contribution is -2.25. The zero-order valence-corrected chi connectivity index (χ0v) is 11.0. The minimum absolute atomic E-state index is 0.540. The van der Waals surface area contributed by atoms with Gasteiger partial charge in [0, 0.05) is 19.4 Å². The standard InChI is InChI=1S/C13H22N4O/c1-17(7-3-11-4-8-18-9-5-11)10-13-15-6-2-12(14)16-13/h2,6,11H,3-5,7-10H2,1H3,(H2,14,15,16). The number of hydrogen-bond acceptors (Lipinski definition) is 5. The number of rotatable bonds is 5. The number of ether oxygens (including phenoxy) is 1. The Labute approximate surface area is 108 Å². The van der Waals surface area contributed by atoms with Crippen LogP contribution in [-0.4, -0.2) is 41.7 Å². The highest BCUT2D eigenvalue weighted by Gasteiger charge is 2.14. The first-order valence-corrected chi connectivity index (χ1v) is 6.58. The second-order valence-corrected chi connectivity index (χ2v) is 4.98. The topological polar surface area (TPSA) is 64.3 Å². The summed E-state index contributed by atoms with van der Waals surface area (Å²) in [6, 6.07) is 1.71. The minimum atomic E-state index is 0.540. The van der Waals surface area contributed by atoms with Crippen molar-refractivity contribution < 1.29 is 4.74 Å². The van der Waals surface area contributed by atoms with Crippen LogP contribution in [0.5, 0.6) is 0 Å². The van der Waals surface area contributed by atoms with Gasteiger partial charge in [-0.2, -0.15) is 0 Å². The molecule has 0 aromatic carbocycles. The van der Waals surface area contributed by atoms with Crippen LogP contribution in [0.4, 0.5) is 5.82 Å². The molecule has 0 amide bonds. The van der Waals surface area contributed by atoms with Crippen molar-refractivity contribution in [3.63, 3.8) is 0 Å². The van der Waals surface area contributed by atoms with Crippen LogP contribution in [0.15, 0.2) is 12.3 Å². The van der Waals surface area contributed by atoms with Crippen LogP contribution < -0.4 is 5.73 Å². The van der Waals surface area contributed by atoms with Crippen LogP contribution in [0.1, 0.15) is 25.1 Å². The van der Waals surface area contributed by atoms with Crippen molar-refractivity contribution >= 4 is 5.82 Å². The summed E-state index contributed by atoms with van der Waals surface area (Å²) in [5.41, 5.74) is 5.64. The summed E-state index contributed by atoms with van der Waals surface area (Å²) in [5.74, 6) is 2.14. The van der Waals surface area contributed by atoms with Gasteiger partial charge in [-0.05, 0) is 44.8 Å². The SMILES string of the molecule is CN(CCC1CCOCC1)Cc1nccc(N)n1. The molecule has 1 saturated heterocycles. The van der Waals surface area contributed by atoms with E-state index in [-0.39, 0.29) is 0 Å². The summed E-state index contributed by atoms with van der Waals surface area (Å²) in [6.45, 7) is 3.68. The molecule has 18 heavy (non-hydrogen) atoms. The summed E-state index contributed by atoms with van der Waals surface area (Å²) in [4.78, 5) is 10.7. The summed E-state index contributed by atoms with van der Waals surface area (Å²) in [6.07, 6.45) is 5.33. The van der Waals surface area contributed by atoms with Gasteiger partial charge in [-0.3, -0.25) is 4.90 Å². The molecule has 0 radical (unpaired) electrons. The van der Waals surface area contributed by atoms with Gasteiger partial charge in [0.2, 0.25) is 0 Å². The monoisotopic (exact) mass is 250 g/mol. The summed E-state index contributed by atoms with van der Waals surface area (Å²) in [7, 11) is 2.10. The van der Waals surface area contributed by atoms with Gasteiger partial charge < -0.3 is 10.5 Å². The average Bonchev–Trinajstić information content (AvgIpc) is 2.38. The second-order valence-electron chi connectivity index (χ2n) is 4.98. The molecule has 0 bridgehead atoms. The van der Waals surface area contributed by atoms with E-state index in [1.165, 1.54) is 19.3 Å². The first-order chi connectivity index (χ1) is 8.74. The van der Waals surface area contributed by atoms with Gasteiger partial charge >= 0.3 is 0 Å².